The predicted molar refractivity (Wildman–Crippen MR) is 155 cm³/mol. The Morgan fingerprint density at radius 3 is 2.71 bits per heavy atom. The molecule has 1 aliphatic carbocycles. The molecule has 0 spiro atoms. The lowest BCUT2D eigenvalue weighted by atomic mass is 10.0. The standard InChI is InChI=1S/C27H36F2N5O6PSi/c1-15-17(13-38-41(36)37-10-9-21(39-41)16-7-8-18(28)19(29)11-16)22(40-42(5,6)27(2,3)4)12-20(15)34-14-31-23-24(34)32-26(30)33-25(23)35/h7-8,11,14,17,20-22H,1,9-10,12-13H2,2-6H3,(H3,30,32,33,35)/t17-,20-,21+,22-,41-/m0/s1. The summed E-state index contributed by atoms with van der Waals surface area (Å²) in [5, 5.41) is -0.0944. The summed E-state index contributed by atoms with van der Waals surface area (Å²) in [6, 6.07) is 3.03. The Morgan fingerprint density at radius 2 is 2.02 bits per heavy atom. The summed E-state index contributed by atoms with van der Waals surface area (Å²) in [5.74, 6) is -2.47. The first-order valence-corrected chi connectivity index (χ1v) is 18.1. The van der Waals surface area contributed by atoms with Crippen LogP contribution < -0.4 is 11.3 Å². The largest absolute Gasteiger partial charge is 0.475 e. The van der Waals surface area contributed by atoms with Crippen LogP contribution in [0.2, 0.25) is 18.1 Å². The second-order valence-corrected chi connectivity index (χ2v) is 18.6. The smallest absolute Gasteiger partial charge is 0.413 e. The molecule has 11 nitrogen and oxygen atoms in total. The minimum atomic E-state index is -4.08. The zero-order valence-electron chi connectivity index (χ0n) is 24.2. The number of nitrogens with one attached hydrogen (secondary N) is 1. The minimum absolute atomic E-state index is 0.0351. The molecule has 3 aromatic rings. The van der Waals surface area contributed by atoms with Crippen LogP contribution in [0.15, 0.2) is 41.5 Å². The summed E-state index contributed by atoms with van der Waals surface area (Å²) in [6.45, 7) is 15.0. The second kappa shape index (κ2) is 11.1. The van der Waals surface area contributed by atoms with Crippen molar-refractivity contribution in [3.8, 4) is 0 Å². The van der Waals surface area contributed by atoms with Crippen molar-refractivity contribution in [2.24, 2.45) is 5.92 Å². The molecule has 2 aromatic heterocycles. The van der Waals surface area contributed by atoms with E-state index in [0.717, 1.165) is 12.1 Å². The van der Waals surface area contributed by atoms with E-state index in [1.807, 2.05) is 0 Å². The summed E-state index contributed by atoms with van der Waals surface area (Å²) in [5.41, 5.74) is 6.87. The van der Waals surface area contributed by atoms with Gasteiger partial charge in [-0.05, 0) is 47.8 Å². The number of nitrogens with zero attached hydrogens (tertiary/aromatic N) is 3. The van der Waals surface area contributed by atoms with E-state index < -0.39 is 45.4 Å². The highest BCUT2D eigenvalue weighted by Gasteiger charge is 2.48. The number of fused-ring (bicyclic) bond motifs is 1. The third kappa shape index (κ3) is 5.88. The number of anilines is 1. The van der Waals surface area contributed by atoms with Gasteiger partial charge >= 0.3 is 7.82 Å². The number of nitrogens with two attached hydrogens (primary N) is 1. The lowest BCUT2D eigenvalue weighted by Gasteiger charge is -2.40. The Kier molecular flexibility index (Phi) is 8.09. The number of phosphoric ester groups is 1. The van der Waals surface area contributed by atoms with Crippen LogP contribution in [-0.2, 0) is 22.6 Å². The van der Waals surface area contributed by atoms with Gasteiger partial charge < -0.3 is 14.7 Å². The van der Waals surface area contributed by atoms with E-state index in [1.54, 1.807) is 4.57 Å². The highest BCUT2D eigenvalue weighted by Crippen LogP contribution is 2.58. The Bertz CT molecular complexity index is 1620. The molecule has 228 valence electrons. The maximum atomic E-state index is 13.9. The monoisotopic (exact) mass is 623 g/mol. The van der Waals surface area contributed by atoms with Gasteiger partial charge in [0.1, 0.15) is 0 Å². The van der Waals surface area contributed by atoms with Gasteiger partial charge in [-0.1, -0.05) is 33.4 Å². The molecule has 0 amide bonds. The summed E-state index contributed by atoms with van der Waals surface area (Å²) < 4.78 is 66.5. The van der Waals surface area contributed by atoms with Gasteiger partial charge in [0.25, 0.3) is 5.56 Å². The number of hydrogen-bond donors (Lipinski definition) is 2. The van der Waals surface area contributed by atoms with Gasteiger partial charge in [-0.25, -0.2) is 18.3 Å². The molecule has 0 unspecified atom stereocenters. The van der Waals surface area contributed by atoms with Gasteiger partial charge in [0.05, 0.1) is 37.8 Å². The number of benzene rings is 1. The molecule has 2 aliphatic rings. The quantitative estimate of drug-likeness (QED) is 0.190. The van der Waals surface area contributed by atoms with E-state index in [4.69, 9.17) is 23.7 Å². The van der Waals surface area contributed by atoms with Crippen LogP contribution in [0.25, 0.3) is 11.2 Å². The van der Waals surface area contributed by atoms with E-state index in [1.165, 1.54) is 12.4 Å². The van der Waals surface area contributed by atoms with Gasteiger partial charge in [0, 0.05) is 12.3 Å². The Balaban J connectivity index is 1.41. The summed E-state index contributed by atoms with van der Waals surface area (Å²) in [7, 11) is -6.37. The number of rotatable bonds is 7. The van der Waals surface area contributed by atoms with Gasteiger partial charge in [0.15, 0.2) is 31.1 Å². The Hall–Kier alpha value is -2.74. The Morgan fingerprint density at radius 1 is 1.29 bits per heavy atom. The van der Waals surface area contributed by atoms with Crippen LogP contribution in [0, 0.1) is 17.6 Å². The SMILES string of the molecule is C=C1[C@H](CO[P@]2(=O)OCC[C@H](c3ccc(F)c(F)c3)O2)[C@@H](O[Si](C)(C)C(C)(C)C)C[C@@H]1n1cnc2c(=O)[nH]c(N)nc21. The third-order valence-electron chi connectivity index (χ3n) is 8.46. The van der Waals surface area contributed by atoms with Crippen molar-refractivity contribution in [2.45, 2.75) is 70.0 Å². The first-order chi connectivity index (χ1) is 19.6. The average Bonchev–Trinajstić information content (AvgIpc) is 3.44. The first kappa shape index (κ1) is 30.7. The molecule has 15 heteroatoms. The number of imidazole rings is 1. The van der Waals surface area contributed by atoms with Crippen molar-refractivity contribution < 1.29 is 31.3 Å². The van der Waals surface area contributed by atoms with Crippen LogP contribution in [0.3, 0.4) is 0 Å². The van der Waals surface area contributed by atoms with E-state index >= 15 is 0 Å². The number of nitrogen functional groups attached to an aromatic ring is 1. The molecule has 42 heavy (non-hydrogen) atoms. The molecule has 5 rings (SSSR count). The lowest BCUT2D eigenvalue weighted by Crippen LogP contribution is -2.45. The molecule has 1 saturated heterocycles. The summed E-state index contributed by atoms with van der Waals surface area (Å²) in [6.07, 6.45) is 1.11. The minimum Gasteiger partial charge on any atom is -0.413 e. The molecule has 1 aromatic carbocycles. The molecule has 2 fully saturated rings. The van der Waals surface area contributed by atoms with Gasteiger partial charge in [-0.15, -0.1) is 0 Å². The number of halogens is 2. The molecule has 1 aliphatic heterocycles. The molecular formula is C27H36F2N5O6PSi. The van der Waals surface area contributed by atoms with Gasteiger partial charge in [-0.2, -0.15) is 4.98 Å². The molecule has 3 N–H and O–H groups in total. The lowest BCUT2D eigenvalue weighted by molar-refractivity contribution is 0.0174. The van der Waals surface area contributed by atoms with E-state index in [2.05, 4.69) is 55.4 Å². The fourth-order valence-electron chi connectivity index (χ4n) is 5.07. The molecular weight excluding hydrogens is 587 g/mol. The molecule has 0 radical (unpaired) electrons. The third-order valence-corrected chi connectivity index (χ3v) is 14.4. The Labute approximate surface area is 243 Å². The van der Waals surface area contributed by atoms with Crippen molar-refractivity contribution in [2.75, 3.05) is 18.9 Å². The number of aromatic amines is 1. The maximum Gasteiger partial charge on any atom is 0.475 e. The zero-order chi connectivity index (χ0) is 30.6. The van der Waals surface area contributed by atoms with Crippen LogP contribution in [0.1, 0.15) is 51.3 Å². The van der Waals surface area contributed by atoms with Crippen molar-refractivity contribution in [1.29, 1.82) is 0 Å². The topological polar surface area (TPSA) is 144 Å². The van der Waals surface area contributed by atoms with E-state index in [9.17, 15) is 18.1 Å². The molecule has 1 saturated carbocycles. The first-order valence-electron chi connectivity index (χ1n) is 13.7. The van der Waals surface area contributed by atoms with Gasteiger partial charge in [0.2, 0.25) is 5.95 Å². The highest BCUT2D eigenvalue weighted by molar-refractivity contribution is 7.48. The molecule has 3 heterocycles. The van der Waals surface area contributed by atoms with Crippen LogP contribution in [0.5, 0.6) is 0 Å². The number of hydrogen-bond acceptors (Lipinski definition) is 9. The number of H-pyrrole nitrogens is 1. The van der Waals surface area contributed by atoms with Crippen molar-refractivity contribution >= 4 is 33.3 Å². The van der Waals surface area contributed by atoms with Crippen LogP contribution in [0.4, 0.5) is 14.7 Å². The normalized spacial score (nSPS) is 27.2. The van der Waals surface area contributed by atoms with Crippen LogP contribution >= 0.6 is 7.82 Å². The number of phosphoric acid groups is 1. The maximum absolute atomic E-state index is 13.9. The van der Waals surface area contributed by atoms with Crippen molar-refractivity contribution in [3.05, 3.63) is 64.2 Å². The van der Waals surface area contributed by atoms with E-state index in [-0.39, 0.29) is 48.3 Å². The zero-order valence-corrected chi connectivity index (χ0v) is 26.1. The van der Waals surface area contributed by atoms with Crippen molar-refractivity contribution in [3.63, 3.8) is 0 Å². The highest BCUT2D eigenvalue weighted by atomic mass is 31.2. The summed E-state index contributed by atoms with van der Waals surface area (Å²) >= 11 is 0. The van der Waals surface area contributed by atoms with Gasteiger partial charge in [-0.3, -0.25) is 23.3 Å². The van der Waals surface area contributed by atoms with Crippen LogP contribution in [-0.4, -0.2) is 47.2 Å². The number of aromatic nitrogens is 4. The fraction of sp³-hybridized carbons (Fsp3) is 0.519. The van der Waals surface area contributed by atoms with E-state index in [0.29, 0.717) is 23.2 Å². The second-order valence-electron chi connectivity index (χ2n) is 12.3. The molecule has 5 atom stereocenters. The summed E-state index contributed by atoms with van der Waals surface area (Å²) in [4.78, 5) is 23.4. The predicted octanol–water partition coefficient (Wildman–Crippen LogP) is 5.79. The van der Waals surface area contributed by atoms with Crippen molar-refractivity contribution in [1.82, 2.24) is 19.5 Å². The molecule has 0 bridgehead atoms. The fourth-order valence-corrected chi connectivity index (χ4v) is 7.85. The average molecular weight is 624 g/mol.